The zero-order valence-electron chi connectivity index (χ0n) is 13.9. The smallest absolute Gasteiger partial charge is 0.458 e. The van der Waals surface area contributed by atoms with Crippen molar-refractivity contribution >= 4 is 7.91 Å². The van der Waals surface area contributed by atoms with Crippen molar-refractivity contribution in [2.75, 3.05) is 6.61 Å². The summed E-state index contributed by atoms with van der Waals surface area (Å²) in [6, 6.07) is 0.156. The van der Waals surface area contributed by atoms with E-state index in [2.05, 4.69) is 4.98 Å². The van der Waals surface area contributed by atoms with E-state index in [1.807, 2.05) is 0 Å². The molecule has 1 aromatic rings. The Hall–Kier alpha value is -1.28. The maximum absolute atomic E-state index is 13.9. The first kappa shape index (κ1) is 17.5. The van der Waals surface area contributed by atoms with Crippen LogP contribution in [0.5, 0.6) is 6.01 Å². The highest BCUT2D eigenvalue weighted by Crippen LogP contribution is 2.53. The monoisotopic (exact) mass is 362 g/mol. The molecule has 24 heavy (non-hydrogen) atoms. The zero-order chi connectivity index (χ0) is 17.7. The molecule has 8 nitrogen and oxygen atoms in total. The number of nitrogens with zero attached hydrogens (tertiary/aromatic N) is 2. The van der Waals surface area contributed by atoms with Crippen LogP contribution in [0.2, 0.25) is 0 Å². The first-order valence-electron chi connectivity index (χ1n) is 7.61. The van der Waals surface area contributed by atoms with Crippen molar-refractivity contribution in [2.24, 2.45) is 0 Å². The van der Waals surface area contributed by atoms with E-state index >= 15 is 0 Å². The molecule has 0 saturated carbocycles. The van der Waals surface area contributed by atoms with Gasteiger partial charge in [0.2, 0.25) is 0 Å². The molecule has 1 fully saturated rings. The van der Waals surface area contributed by atoms with E-state index in [4.69, 9.17) is 18.5 Å². The van der Waals surface area contributed by atoms with Crippen molar-refractivity contribution in [3.05, 3.63) is 22.1 Å². The predicted octanol–water partition coefficient (Wildman–Crippen LogP) is 2.51. The highest BCUT2D eigenvalue weighted by molar-refractivity contribution is 7.48. The Morgan fingerprint density at radius 3 is 2.88 bits per heavy atom. The first-order chi connectivity index (χ1) is 11.0. The summed E-state index contributed by atoms with van der Waals surface area (Å²) in [5, 5.41) is 0. The highest BCUT2D eigenvalue weighted by Gasteiger charge is 2.45. The van der Waals surface area contributed by atoms with Crippen LogP contribution in [0.25, 0.3) is 0 Å². The molecule has 2 bridgehead atoms. The van der Waals surface area contributed by atoms with Gasteiger partial charge in [-0.1, -0.05) is 0 Å². The Morgan fingerprint density at radius 2 is 2.21 bits per heavy atom. The average molecular weight is 362 g/mol. The first-order valence-corrected chi connectivity index (χ1v) is 9.04. The molecule has 0 aromatic carbocycles. The van der Waals surface area contributed by atoms with Gasteiger partial charge >= 0.3 is 13.9 Å². The van der Waals surface area contributed by atoms with Crippen molar-refractivity contribution in [1.29, 1.82) is 0 Å². The van der Waals surface area contributed by atoms with E-state index < -0.39 is 25.7 Å². The van der Waals surface area contributed by atoms with Gasteiger partial charge in [0, 0.05) is 18.2 Å². The molecule has 3 rings (SSSR count). The van der Waals surface area contributed by atoms with Crippen LogP contribution in [0.3, 0.4) is 0 Å². The number of hydrogen-bond acceptors (Lipinski definition) is 7. The van der Waals surface area contributed by atoms with Crippen molar-refractivity contribution < 1.29 is 27.3 Å². The lowest BCUT2D eigenvalue weighted by Crippen LogP contribution is -2.33. The molecule has 1 saturated heterocycles. The van der Waals surface area contributed by atoms with E-state index in [1.165, 1.54) is 0 Å². The third-order valence-corrected chi connectivity index (χ3v) is 4.83. The van der Waals surface area contributed by atoms with E-state index in [1.54, 1.807) is 38.5 Å². The average Bonchev–Trinajstić information content (AvgIpc) is 2.75. The summed E-state index contributed by atoms with van der Waals surface area (Å²) in [6.45, 7) is 6.09. The van der Waals surface area contributed by atoms with Gasteiger partial charge in [-0.15, -0.1) is 4.20 Å². The minimum Gasteiger partial charge on any atom is -0.458 e. The van der Waals surface area contributed by atoms with E-state index in [9.17, 15) is 13.6 Å². The van der Waals surface area contributed by atoms with Crippen LogP contribution in [0, 0.1) is 6.92 Å². The summed E-state index contributed by atoms with van der Waals surface area (Å²) in [5.74, 6) is 0. The quantitative estimate of drug-likeness (QED) is 0.760. The molecule has 1 aromatic heterocycles. The Kier molecular flexibility index (Phi) is 4.32. The molecule has 0 spiro atoms. The van der Waals surface area contributed by atoms with Gasteiger partial charge in [0.1, 0.15) is 18.4 Å². The number of ether oxygens (including phenoxy) is 2. The van der Waals surface area contributed by atoms with Crippen molar-refractivity contribution in [2.45, 2.75) is 58.2 Å². The van der Waals surface area contributed by atoms with Crippen LogP contribution < -0.4 is 10.3 Å². The van der Waals surface area contributed by atoms with E-state index in [0.717, 1.165) is 0 Å². The number of hydrogen-bond donors (Lipinski definition) is 0. The molecular weight excluding hydrogens is 342 g/mol. The van der Waals surface area contributed by atoms with Gasteiger partial charge in [-0.05, 0) is 27.7 Å². The molecular formula is C14H20FN2O6P. The van der Waals surface area contributed by atoms with E-state index in [0.29, 0.717) is 12.0 Å². The number of rotatable bonds is 4. The molecule has 0 aliphatic carbocycles. The molecule has 0 amide bonds. The van der Waals surface area contributed by atoms with E-state index in [-0.39, 0.29) is 24.4 Å². The molecule has 4 atom stereocenters. The fourth-order valence-corrected chi connectivity index (χ4v) is 3.67. The topological polar surface area (TPSA) is 88.9 Å². The lowest BCUT2D eigenvalue weighted by molar-refractivity contribution is -0.0287. The second kappa shape index (κ2) is 5.91. The molecule has 134 valence electrons. The number of fused-ring (bicyclic) bond motifs is 4. The fraction of sp³-hybridized carbons (Fsp3) is 0.714. The summed E-state index contributed by atoms with van der Waals surface area (Å²) in [7, 11) is -4.70. The molecule has 1 unspecified atom stereocenters. The normalized spacial score (nSPS) is 28.1. The zero-order valence-corrected chi connectivity index (χ0v) is 14.8. The SMILES string of the molecule is Cc1cn2c(nc1=O)O[C@@H]1C[C@H]2O[C@@H]1COP(=O)(F)OC(C)(C)C. The molecule has 3 heterocycles. The predicted molar refractivity (Wildman–Crippen MR) is 81.7 cm³/mol. The number of aromatic nitrogens is 2. The van der Waals surface area contributed by atoms with Crippen LogP contribution in [0.1, 0.15) is 39.0 Å². The van der Waals surface area contributed by atoms with Crippen LogP contribution in [0.4, 0.5) is 4.20 Å². The van der Waals surface area contributed by atoms with Crippen molar-refractivity contribution in [3.63, 3.8) is 0 Å². The van der Waals surface area contributed by atoms with Crippen molar-refractivity contribution in [1.82, 2.24) is 9.55 Å². The lowest BCUT2D eigenvalue weighted by Gasteiger charge is -2.24. The second-order valence-corrected chi connectivity index (χ2v) is 8.17. The van der Waals surface area contributed by atoms with Crippen LogP contribution in [-0.4, -0.2) is 34.0 Å². The van der Waals surface area contributed by atoms with Crippen LogP contribution >= 0.6 is 7.91 Å². The Labute approximate surface area is 138 Å². The van der Waals surface area contributed by atoms with Crippen LogP contribution in [-0.2, 0) is 18.3 Å². The minimum absolute atomic E-state index is 0.156. The maximum atomic E-state index is 13.9. The summed E-state index contributed by atoms with van der Waals surface area (Å²) in [6.07, 6.45) is 0.625. The summed E-state index contributed by atoms with van der Waals surface area (Å²) >= 11 is 0. The van der Waals surface area contributed by atoms with Gasteiger partial charge < -0.3 is 9.47 Å². The summed E-state index contributed by atoms with van der Waals surface area (Å²) < 4.78 is 48.3. The van der Waals surface area contributed by atoms with Crippen LogP contribution in [0.15, 0.2) is 11.0 Å². The fourth-order valence-electron chi connectivity index (χ4n) is 2.64. The molecule has 0 radical (unpaired) electrons. The summed E-state index contributed by atoms with van der Waals surface area (Å²) in [4.78, 5) is 15.5. The largest absolute Gasteiger partial charge is 0.513 e. The third-order valence-electron chi connectivity index (χ3n) is 3.61. The second-order valence-electron chi connectivity index (χ2n) is 6.87. The van der Waals surface area contributed by atoms with Crippen molar-refractivity contribution in [3.8, 4) is 6.01 Å². The Morgan fingerprint density at radius 1 is 1.50 bits per heavy atom. The Bertz CT molecular complexity index is 746. The van der Waals surface area contributed by atoms with Gasteiger partial charge in [0.15, 0.2) is 0 Å². The van der Waals surface area contributed by atoms with Gasteiger partial charge in [0.25, 0.3) is 5.56 Å². The van der Waals surface area contributed by atoms with Gasteiger partial charge in [-0.25, -0.2) is 4.57 Å². The summed E-state index contributed by atoms with van der Waals surface area (Å²) in [5.41, 5.74) is -0.844. The number of halogens is 1. The lowest BCUT2D eigenvalue weighted by atomic mass is 10.1. The molecule has 10 heteroatoms. The van der Waals surface area contributed by atoms with Gasteiger partial charge in [0.05, 0.1) is 12.2 Å². The van der Waals surface area contributed by atoms with Gasteiger partial charge in [-0.2, -0.15) is 4.98 Å². The van der Waals surface area contributed by atoms with Gasteiger partial charge in [-0.3, -0.25) is 18.4 Å². The number of aryl methyl sites for hydroxylation is 1. The molecule has 2 aliphatic heterocycles. The molecule has 0 N–H and O–H groups in total. The minimum atomic E-state index is -4.70. The third kappa shape index (κ3) is 3.69. The standard InChI is InChI=1S/C14H20FN2O6P/c1-8-6-17-11-5-9(22-13(17)16-12(8)18)10(21-11)7-20-24(15,19)23-14(2,3)4/h6,9-11H,5,7H2,1-4H3/t9-,10-,11-,24?/m1/s1. The molecule has 2 aliphatic rings. The highest BCUT2D eigenvalue weighted by atomic mass is 31.2. The maximum Gasteiger partial charge on any atom is 0.513 e. The Balaban J connectivity index is 1.68.